The molecule has 3 heteroatoms. The zero-order valence-electron chi connectivity index (χ0n) is 36.8. The van der Waals surface area contributed by atoms with Crippen molar-refractivity contribution in [2.24, 2.45) is 0 Å². The maximum atomic E-state index is 6.67. The van der Waals surface area contributed by atoms with Gasteiger partial charge in [0.2, 0.25) is 0 Å². The Morgan fingerprint density at radius 3 is 1.50 bits per heavy atom. The van der Waals surface area contributed by atoms with Crippen LogP contribution in [0.1, 0.15) is 22.3 Å². The molecule has 0 bridgehead atoms. The molecular weight excluding hydrogens is 827 g/mol. The highest BCUT2D eigenvalue weighted by Crippen LogP contribution is 2.63. The third-order valence-corrected chi connectivity index (χ3v) is 14.9. The lowest BCUT2D eigenvalue weighted by Gasteiger charge is -2.32. The first-order valence-electron chi connectivity index (χ1n) is 23.4. The first kappa shape index (κ1) is 37.3. The second-order valence-corrected chi connectivity index (χ2v) is 18.3. The molecule has 0 unspecified atom stereocenters. The largest absolute Gasteiger partial charge is 0.456 e. The van der Waals surface area contributed by atoms with Crippen molar-refractivity contribution in [1.29, 1.82) is 0 Å². The highest BCUT2D eigenvalue weighted by molar-refractivity contribution is 6.17. The van der Waals surface area contributed by atoms with Gasteiger partial charge in [0.25, 0.3) is 0 Å². The van der Waals surface area contributed by atoms with Gasteiger partial charge >= 0.3 is 0 Å². The van der Waals surface area contributed by atoms with Gasteiger partial charge in [0, 0.05) is 38.5 Å². The van der Waals surface area contributed by atoms with Crippen LogP contribution >= 0.6 is 0 Å². The van der Waals surface area contributed by atoms with Crippen LogP contribution in [0.15, 0.2) is 245 Å². The molecule has 2 aromatic heterocycles. The molecule has 15 rings (SSSR count). The number of hydrogen-bond donors (Lipinski definition) is 0. The Morgan fingerprint density at radius 2 is 0.794 bits per heavy atom. The van der Waals surface area contributed by atoms with E-state index >= 15 is 0 Å². The highest BCUT2D eigenvalue weighted by Gasteiger charge is 2.51. The van der Waals surface area contributed by atoms with Crippen LogP contribution in [0.3, 0.4) is 0 Å². The average molecular weight is 866 g/mol. The molecule has 0 saturated heterocycles. The quantitative estimate of drug-likeness (QED) is 0.173. The molecule has 2 aliphatic carbocycles. The lowest BCUT2D eigenvalue weighted by atomic mass is 9.70. The van der Waals surface area contributed by atoms with Gasteiger partial charge in [-0.2, -0.15) is 0 Å². The minimum atomic E-state index is -0.486. The molecule has 0 aliphatic heterocycles. The van der Waals surface area contributed by atoms with Gasteiger partial charge in [-0.05, 0) is 133 Å². The summed E-state index contributed by atoms with van der Waals surface area (Å²) in [6, 6.07) is 86.4. The van der Waals surface area contributed by atoms with E-state index in [0.717, 1.165) is 88.6 Å². The topological polar surface area (TPSA) is 29.5 Å². The number of hydrogen-bond acceptors (Lipinski definition) is 3. The van der Waals surface area contributed by atoms with Gasteiger partial charge in [0.15, 0.2) is 0 Å². The van der Waals surface area contributed by atoms with Crippen LogP contribution in [0.5, 0.6) is 0 Å². The normalized spacial score (nSPS) is 13.1. The fraction of sp³-hybridized carbons (Fsp3) is 0.0154. The van der Waals surface area contributed by atoms with E-state index in [1.807, 2.05) is 6.07 Å². The van der Waals surface area contributed by atoms with Gasteiger partial charge in [-0.25, -0.2) is 0 Å². The minimum absolute atomic E-state index is 0.486. The van der Waals surface area contributed by atoms with E-state index in [9.17, 15) is 0 Å². The second-order valence-electron chi connectivity index (χ2n) is 18.3. The molecule has 2 heterocycles. The predicted octanol–water partition coefficient (Wildman–Crippen LogP) is 17.8. The first-order chi connectivity index (χ1) is 33.7. The summed E-state index contributed by atoms with van der Waals surface area (Å²) in [5.41, 5.74) is 21.2. The highest BCUT2D eigenvalue weighted by atomic mass is 16.3. The van der Waals surface area contributed by atoms with Crippen molar-refractivity contribution in [2.45, 2.75) is 5.41 Å². The van der Waals surface area contributed by atoms with Gasteiger partial charge < -0.3 is 13.7 Å². The molecule has 13 aromatic rings. The Bertz CT molecular complexity index is 4160. The van der Waals surface area contributed by atoms with Crippen LogP contribution in [0.4, 0.5) is 17.1 Å². The van der Waals surface area contributed by atoms with Crippen molar-refractivity contribution in [1.82, 2.24) is 0 Å². The molecule has 0 atom stereocenters. The molecule has 316 valence electrons. The third-order valence-electron chi connectivity index (χ3n) is 14.9. The van der Waals surface area contributed by atoms with Gasteiger partial charge in [0.1, 0.15) is 22.3 Å². The molecule has 0 radical (unpaired) electrons. The first-order valence-corrected chi connectivity index (χ1v) is 23.4. The molecule has 0 fully saturated rings. The number of benzene rings is 11. The van der Waals surface area contributed by atoms with Crippen molar-refractivity contribution < 1.29 is 8.83 Å². The zero-order chi connectivity index (χ0) is 44.5. The summed E-state index contributed by atoms with van der Waals surface area (Å²) in [7, 11) is 0. The Kier molecular flexibility index (Phi) is 7.71. The number of nitrogens with zero attached hydrogens (tertiary/aromatic N) is 1. The summed E-state index contributed by atoms with van der Waals surface area (Å²) in [6.45, 7) is 0. The Balaban J connectivity index is 0.981. The van der Waals surface area contributed by atoms with Gasteiger partial charge in [-0.1, -0.05) is 176 Å². The summed E-state index contributed by atoms with van der Waals surface area (Å²) >= 11 is 0. The lowest BCUT2D eigenvalue weighted by molar-refractivity contribution is 0.669. The average Bonchev–Trinajstić information content (AvgIpc) is 4.13. The number of rotatable bonds is 5. The summed E-state index contributed by atoms with van der Waals surface area (Å²) in [4.78, 5) is 2.47. The second kappa shape index (κ2) is 14.0. The monoisotopic (exact) mass is 865 g/mol. The smallest absolute Gasteiger partial charge is 0.136 e. The molecule has 3 nitrogen and oxygen atoms in total. The summed E-state index contributed by atoms with van der Waals surface area (Å²) in [5.74, 6) is 0. The summed E-state index contributed by atoms with van der Waals surface area (Å²) in [6.07, 6.45) is 0. The fourth-order valence-corrected chi connectivity index (χ4v) is 12.1. The predicted molar refractivity (Wildman–Crippen MR) is 280 cm³/mol. The van der Waals surface area contributed by atoms with E-state index in [-0.39, 0.29) is 0 Å². The molecule has 1 spiro atoms. The molecule has 0 N–H and O–H groups in total. The van der Waals surface area contributed by atoms with Crippen LogP contribution in [-0.2, 0) is 5.41 Å². The Hall–Kier alpha value is -8.92. The van der Waals surface area contributed by atoms with Crippen LogP contribution in [0.2, 0.25) is 0 Å². The van der Waals surface area contributed by atoms with E-state index in [1.54, 1.807) is 0 Å². The minimum Gasteiger partial charge on any atom is -0.456 e. The van der Waals surface area contributed by atoms with Gasteiger partial charge in [0.05, 0.1) is 11.1 Å². The number of anilines is 3. The molecule has 0 amide bonds. The lowest BCUT2D eigenvalue weighted by Crippen LogP contribution is -2.26. The van der Waals surface area contributed by atoms with E-state index in [0.29, 0.717) is 0 Å². The van der Waals surface area contributed by atoms with Crippen molar-refractivity contribution >= 4 is 71.7 Å². The van der Waals surface area contributed by atoms with E-state index < -0.39 is 5.41 Å². The van der Waals surface area contributed by atoms with Crippen molar-refractivity contribution in [3.8, 4) is 44.5 Å². The van der Waals surface area contributed by atoms with E-state index in [1.165, 1.54) is 49.9 Å². The zero-order valence-corrected chi connectivity index (χ0v) is 36.8. The van der Waals surface area contributed by atoms with Crippen LogP contribution in [-0.4, -0.2) is 0 Å². The van der Waals surface area contributed by atoms with Crippen molar-refractivity contribution in [3.05, 3.63) is 259 Å². The van der Waals surface area contributed by atoms with Crippen LogP contribution < -0.4 is 4.90 Å². The number of para-hydroxylation sites is 2. The number of furan rings is 2. The molecule has 11 aromatic carbocycles. The van der Waals surface area contributed by atoms with Gasteiger partial charge in [-0.3, -0.25) is 0 Å². The summed E-state index contributed by atoms with van der Waals surface area (Å²) in [5, 5.41) is 6.82. The molecular formula is C65H39NO2. The number of fused-ring (bicyclic) bond motifs is 17. The van der Waals surface area contributed by atoms with Crippen molar-refractivity contribution in [2.75, 3.05) is 4.90 Å². The molecule has 0 saturated carbocycles. The standard InChI is InChI=1S/C65H39NO2/c1-2-16-42-38-62-53(37-41(42)15-1)64-51(23-14-30-61(64)68-62)50-20-6-11-27-58(50)66(43-33-31-40(32-34-43)45-22-13-29-60-63(45)52-21-7-12-28-59(52)67-60)44-35-36-49-48-19-5-10-26-56(48)65(57(49)39-44)54-24-8-3-17-46(54)47-18-4-9-25-55(47)65/h1-39H. The maximum Gasteiger partial charge on any atom is 0.136 e. The molecule has 68 heavy (non-hydrogen) atoms. The fourth-order valence-electron chi connectivity index (χ4n) is 12.1. The Labute approximate surface area is 392 Å². The van der Waals surface area contributed by atoms with Crippen LogP contribution in [0, 0.1) is 0 Å². The van der Waals surface area contributed by atoms with E-state index in [4.69, 9.17) is 8.83 Å². The maximum absolute atomic E-state index is 6.67. The van der Waals surface area contributed by atoms with Crippen LogP contribution in [0.25, 0.3) is 99.2 Å². The summed E-state index contributed by atoms with van der Waals surface area (Å²) < 4.78 is 13.0. The van der Waals surface area contributed by atoms with Gasteiger partial charge in [-0.15, -0.1) is 0 Å². The third kappa shape index (κ3) is 5.07. The Morgan fingerprint density at radius 1 is 0.294 bits per heavy atom. The van der Waals surface area contributed by atoms with E-state index in [2.05, 4.69) is 235 Å². The SMILES string of the molecule is c1ccc(N(c2ccc(-c3cccc4oc5ccccc5c34)cc2)c2ccc3c(c2)C2(c4ccccc4-c4ccccc42)c2ccccc2-3)c(-c2cccc3oc4cc5ccccc5cc4c23)c1. The van der Waals surface area contributed by atoms with Crippen molar-refractivity contribution in [3.63, 3.8) is 0 Å². The molecule has 2 aliphatic rings.